The lowest BCUT2D eigenvalue weighted by molar-refractivity contribution is 0.150. The molecular weight excluding hydrogens is 258 g/mol. The zero-order valence-corrected chi connectivity index (χ0v) is 8.76. The molecule has 0 aliphatic heterocycles. The van der Waals surface area contributed by atoms with Crippen LogP contribution in [0.4, 0.5) is 8.78 Å². The summed E-state index contributed by atoms with van der Waals surface area (Å²) in [5.41, 5.74) is 5.66. The van der Waals surface area contributed by atoms with Gasteiger partial charge in [0.05, 0.1) is 18.0 Å². The van der Waals surface area contributed by atoms with Crippen LogP contribution in [0.1, 0.15) is 23.4 Å². The SMILES string of the molecule is NCc1nc(CO)cc(C(F)F)c1Br. The Bertz CT molecular complexity index is 333. The fourth-order valence-electron chi connectivity index (χ4n) is 1.04. The van der Waals surface area contributed by atoms with Crippen LogP contribution >= 0.6 is 15.9 Å². The Balaban J connectivity index is 3.27. The number of aromatic nitrogens is 1. The number of nitrogens with zero attached hydrogens (tertiary/aromatic N) is 1. The van der Waals surface area contributed by atoms with E-state index in [1.54, 1.807) is 0 Å². The van der Waals surface area contributed by atoms with Crippen LogP contribution in [0.25, 0.3) is 0 Å². The minimum Gasteiger partial charge on any atom is -0.390 e. The van der Waals surface area contributed by atoms with Gasteiger partial charge >= 0.3 is 0 Å². The molecule has 0 fully saturated rings. The third kappa shape index (κ3) is 2.26. The average molecular weight is 267 g/mol. The molecule has 0 spiro atoms. The van der Waals surface area contributed by atoms with Gasteiger partial charge in [-0.1, -0.05) is 0 Å². The molecule has 1 heterocycles. The van der Waals surface area contributed by atoms with Gasteiger partial charge < -0.3 is 10.8 Å². The van der Waals surface area contributed by atoms with Crippen LogP contribution in [0.2, 0.25) is 0 Å². The van der Waals surface area contributed by atoms with Gasteiger partial charge in [0.25, 0.3) is 6.43 Å². The van der Waals surface area contributed by atoms with E-state index in [0.29, 0.717) is 5.69 Å². The van der Waals surface area contributed by atoms with Crippen molar-refractivity contribution in [2.75, 3.05) is 0 Å². The molecule has 0 bridgehead atoms. The number of hydrogen-bond acceptors (Lipinski definition) is 3. The summed E-state index contributed by atoms with van der Waals surface area (Å²) in [5.74, 6) is 0. The van der Waals surface area contributed by atoms with Crippen LogP contribution in [0.15, 0.2) is 10.5 Å². The number of hydrogen-bond donors (Lipinski definition) is 2. The van der Waals surface area contributed by atoms with Gasteiger partial charge in [-0.3, -0.25) is 4.98 Å². The van der Waals surface area contributed by atoms with E-state index >= 15 is 0 Å². The summed E-state index contributed by atoms with van der Waals surface area (Å²) < 4.78 is 25.2. The van der Waals surface area contributed by atoms with Crippen LogP contribution in [0.5, 0.6) is 0 Å². The van der Waals surface area contributed by atoms with Crippen molar-refractivity contribution in [3.05, 3.63) is 27.5 Å². The fraction of sp³-hybridized carbons (Fsp3) is 0.375. The molecule has 0 radical (unpaired) electrons. The first-order chi connectivity index (χ1) is 6.60. The van der Waals surface area contributed by atoms with E-state index in [9.17, 15) is 8.78 Å². The number of alkyl halides is 2. The molecule has 78 valence electrons. The lowest BCUT2D eigenvalue weighted by atomic mass is 10.2. The average Bonchev–Trinajstić information content (AvgIpc) is 2.17. The van der Waals surface area contributed by atoms with Crippen molar-refractivity contribution in [3.8, 4) is 0 Å². The maximum atomic E-state index is 12.5. The van der Waals surface area contributed by atoms with Crippen molar-refractivity contribution in [2.45, 2.75) is 19.6 Å². The van der Waals surface area contributed by atoms with Crippen LogP contribution in [0.3, 0.4) is 0 Å². The molecule has 0 amide bonds. The number of halogens is 3. The van der Waals surface area contributed by atoms with E-state index in [1.165, 1.54) is 0 Å². The first-order valence-corrected chi connectivity index (χ1v) is 4.66. The largest absolute Gasteiger partial charge is 0.390 e. The summed E-state index contributed by atoms with van der Waals surface area (Å²) >= 11 is 3.00. The highest BCUT2D eigenvalue weighted by Crippen LogP contribution is 2.29. The van der Waals surface area contributed by atoms with Gasteiger partial charge in [-0.15, -0.1) is 0 Å². The quantitative estimate of drug-likeness (QED) is 0.876. The van der Waals surface area contributed by atoms with E-state index in [4.69, 9.17) is 10.8 Å². The van der Waals surface area contributed by atoms with Crippen LogP contribution in [-0.2, 0) is 13.2 Å². The summed E-state index contributed by atoms with van der Waals surface area (Å²) in [6.07, 6.45) is -2.61. The van der Waals surface area contributed by atoms with Gasteiger partial charge in [0.15, 0.2) is 0 Å². The molecule has 0 aromatic carbocycles. The lowest BCUT2D eigenvalue weighted by Crippen LogP contribution is -2.06. The Morgan fingerprint density at radius 1 is 1.57 bits per heavy atom. The Morgan fingerprint density at radius 2 is 2.21 bits per heavy atom. The zero-order chi connectivity index (χ0) is 10.7. The lowest BCUT2D eigenvalue weighted by Gasteiger charge is -2.09. The smallest absolute Gasteiger partial charge is 0.265 e. The molecular formula is C8H9BrF2N2O. The molecule has 0 aliphatic carbocycles. The molecule has 0 aliphatic rings. The van der Waals surface area contributed by atoms with Crippen molar-refractivity contribution >= 4 is 15.9 Å². The topological polar surface area (TPSA) is 59.1 Å². The Morgan fingerprint density at radius 3 is 2.64 bits per heavy atom. The number of pyridine rings is 1. The molecule has 1 aromatic heterocycles. The molecule has 1 rings (SSSR count). The minimum absolute atomic E-state index is 0.0497. The molecule has 0 unspecified atom stereocenters. The summed E-state index contributed by atoms with van der Waals surface area (Å²) in [4.78, 5) is 3.90. The maximum absolute atomic E-state index is 12.5. The molecule has 14 heavy (non-hydrogen) atoms. The standard InChI is InChI=1S/C8H9BrF2N2O/c9-7-5(8(10)11)1-4(3-14)13-6(7)2-12/h1,8,14H,2-3,12H2. The summed E-state index contributed by atoms with van der Waals surface area (Å²) in [6.45, 7) is -0.325. The molecule has 0 saturated heterocycles. The van der Waals surface area contributed by atoms with E-state index in [1.807, 2.05) is 0 Å². The number of rotatable bonds is 3. The Kier molecular flexibility index (Phi) is 3.91. The Labute approximate surface area is 88.1 Å². The van der Waals surface area contributed by atoms with E-state index in [-0.39, 0.29) is 28.9 Å². The highest BCUT2D eigenvalue weighted by atomic mass is 79.9. The molecule has 6 heteroatoms. The van der Waals surface area contributed by atoms with Crippen molar-refractivity contribution in [1.82, 2.24) is 4.98 Å². The van der Waals surface area contributed by atoms with Crippen molar-refractivity contribution in [3.63, 3.8) is 0 Å². The van der Waals surface area contributed by atoms with Gasteiger partial charge in [0.2, 0.25) is 0 Å². The second-order valence-electron chi connectivity index (χ2n) is 2.63. The number of aliphatic hydroxyl groups is 1. The van der Waals surface area contributed by atoms with E-state index < -0.39 is 6.43 Å². The van der Waals surface area contributed by atoms with E-state index in [2.05, 4.69) is 20.9 Å². The molecule has 3 nitrogen and oxygen atoms in total. The van der Waals surface area contributed by atoms with Gasteiger partial charge in [-0.25, -0.2) is 8.78 Å². The predicted molar refractivity (Wildman–Crippen MR) is 50.7 cm³/mol. The van der Waals surface area contributed by atoms with Gasteiger partial charge in [-0.2, -0.15) is 0 Å². The van der Waals surface area contributed by atoms with Gasteiger partial charge in [-0.05, 0) is 22.0 Å². The second kappa shape index (κ2) is 4.77. The van der Waals surface area contributed by atoms with Crippen molar-refractivity contribution in [1.29, 1.82) is 0 Å². The van der Waals surface area contributed by atoms with Gasteiger partial charge in [0.1, 0.15) is 0 Å². The first-order valence-electron chi connectivity index (χ1n) is 3.87. The Hall–Kier alpha value is -0.590. The number of nitrogens with two attached hydrogens (primary N) is 1. The normalized spacial score (nSPS) is 11.0. The van der Waals surface area contributed by atoms with Crippen LogP contribution < -0.4 is 5.73 Å². The van der Waals surface area contributed by atoms with Gasteiger partial charge in [0, 0.05) is 16.6 Å². The highest BCUT2D eigenvalue weighted by Gasteiger charge is 2.16. The monoisotopic (exact) mass is 266 g/mol. The third-order valence-corrected chi connectivity index (χ3v) is 2.61. The highest BCUT2D eigenvalue weighted by molar-refractivity contribution is 9.10. The summed E-state index contributed by atoms with van der Waals surface area (Å²) in [7, 11) is 0. The number of aliphatic hydroxyl groups excluding tert-OH is 1. The third-order valence-electron chi connectivity index (χ3n) is 1.70. The van der Waals surface area contributed by atoms with Crippen LogP contribution in [-0.4, -0.2) is 10.1 Å². The minimum atomic E-state index is -2.61. The fourth-order valence-corrected chi connectivity index (χ4v) is 1.58. The molecule has 0 saturated carbocycles. The van der Waals surface area contributed by atoms with E-state index in [0.717, 1.165) is 6.07 Å². The molecule has 1 aromatic rings. The first kappa shape index (κ1) is 11.5. The van der Waals surface area contributed by atoms with Crippen LogP contribution in [0, 0.1) is 0 Å². The second-order valence-corrected chi connectivity index (χ2v) is 3.42. The predicted octanol–water partition coefficient (Wildman–Crippen LogP) is 1.73. The molecule has 0 atom stereocenters. The molecule has 3 N–H and O–H groups in total. The zero-order valence-electron chi connectivity index (χ0n) is 7.17. The maximum Gasteiger partial charge on any atom is 0.265 e. The van der Waals surface area contributed by atoms with Crippen molar-refractivity contribution in [2.24, 2.45) is 5.73 Å². The summed E-state index contributed by atoms with van der Waals surface area (Å²) in [6, 6.07) is 1.16. The van der Waals surface area contributed by atoms with Crippen molar-refractivity contribution < 1.29 is 13.9 Å². The summed E-state index contributed by atoms with van der Waals surface area (Å²) in [5, 5.41) is 8.79.